The third-order valence-electron chi connectivity index (χ3n) is 4.09. The Hall–Kier alpha value is 0.274. The van der Waals surface area contributed by atoms with Gasteiger partial charge in [-0.05, 0) is 57.3 Å². The topological polar surface area (TPSA) is 51.2 Å². The van der Waals surface area contributed by atoms with Crippen molar-refractivity contribution in [1.82, 2.24) is 0 Å². The van der Waals surface area contributed by atoms with Crippen molar-refractivity contribution >= 4 is 17.1 Å². The van der Waals surface area contributed by atoms with Crippen LogP contribution in [0.3, 0.4) is 0 Å². The summed E-state index contributed by atoms with van der Waals surface area (Å²) in [5.41, 5.74) is 0. The van der Waals surface area contributed by atoms with Gasteiger partial charge in [-0.15, -0.1) is 0 Å². The summed E-state index contributed by atoms with van der Waals surface area (Å²) in [6.45, 7) is 5.86. The fourth-order valence-electron chi connectivity index (χ4n) is 2.84. The van der Waals surface area contributed by atoms with Crippen LogP contribution in [0.5, 0.6) is 0 Å². The molecule has 1 N–H and O–H groups in total. The van der Waals surface area contributed by atoms with Crippen LogP contribution in [0.15, 0.2) is 0 Å². The highest BCUT2D eigenvalue weighted by atomic mass is 28.5. The Kier molecular flexibility index (Phi) is 4.35. The maximum Gasteiger partial charge on any atom is 0.323 e. The van der Waals surface area contributed by atoms with Crippen LogP contribution >= 0.6 is 0 Å². The summed E-state index contributed by atoms with van der Waals surface area (Å²) in [4.78, 5) is 10.4. The lowest BCUT2D eigenvalue weighted by Crippen LogP contribution is -2.48. The Morgan fingerprint density at radius 3 is 2.56 bits per heavy atom. The highest BCUT2D eigenvalue weighted by Gasteiger charge is 2.44. The lowest BCUT2D eigenvalue weighted by molar-refractivity contribution is 0.267. The molecule has 0 aromatic heterocycles. The number of hydrogen-bond acceptors (Lipinski definition) is 4. The molecular formula is C12H26O4Si2. The van der Waals surface area contributed by atoms with Gasteiger partial charge in [0, 0.05) is 7.11 Å². The standard InChI is InChI=1S/C12H26O4Si2/c1-14-17(2,3)16-18(4,13)8-7-10-5-6-11-12(9-10)15-11/h10-13H,5-9H2,1-4H3. The zero-order chi connectivity index (χ0) is 13.4. The second-order valence-electron chi connectivity index (χ2n) is 6.31. The molecule has 1 saturated heterocycles. The van der Waals surface area contributed by atoms with Crippen LogP contribution in [-0.2, 0) is 13.3 Å². The SMILES string of the molecule is CO[Si](C)(C)O[Si](C)(O)CCC1CCC2OC2C1. The highest BCUT2D eigenvalue weighted by molar-refractivity contribution is 6.78. The first-order valence-electron chi connectivity index (χ1n) is 6.94. The van der Waals surface area contributed by atoms with E-state index in [1.807, 2.05) is 19.6 Å². The van der Waals surface area contributed by atoms with Gasteiger partial charge in [-0.25, -0.2) is 0 Å². The van der Waals surface area contributed by atoms with E-state index in [1.165, 1.54) is 19.3 Å². The van der Waals surface area contributed by atoms with Crippen molar-refractivity contribution in [2.75, 3.05) is 7.11 Å². The average molecular weight is 291 g/mol. The van der Waals surface area contributed by atoms with E-state index in [-0.39, 0.29) is 0 Å². The summed E-state index contributed by atoms with van der Waals surface area (Å²) in [5.74, 6) is 0.712. The van der Waals surface area contributed by atoms with E-state index >= 15 is 0 Å². The number of rotatable bonds is 6. The molecule has 0 bridgehead atoms. The molecule has 0 amide bonds. The summed E-state index contributed by atoms with van der Waals surface area (Å²) in [5, 5.41) is 0. The average Bonchev–Trinajstić information content (AvgIpc) is 3.03. The van der Waals surface area contributed by atoms with E-state index in [2.05, 4.69) is 0 Å². The molecule has 1 saturated carbocycles. The number of epoxide rings is 1. The minimum Gasteiger partial charge on any atom is -0.415 e. The molecule has 1 heterocycles. The zero-order valence-corrected chi connectivity index (χ0v) is 13.9. The monoisotopic (exact) mass is 290 g/mol. The molecule has 1 aliphatic heterocycles. The smallest absolute Gasteiger partial charge is 0.323 e. The minimum atomic E-state index is -2.56. The van der Waals surface area contributed by atoms with Gasteiger partial charge in [0.1, 0.15) is 0 Å². The number of fused-ring (bicyclic) bond motifs is 1. The zero-order valence-electron chi connectivity index (χ0n) is 11.9. The van der Waals surface area contributed by atoms with Gasteiger partial charge in [0.25, 0.3) is 0 Å². The molecule has 1 aliphatic carbocycles. The second-order valence-corrected chi connectivity index (χ2v) is 13.2. The molecule has 0 aromatic rings. The minimum absolute atomic E-state index is 0.529. The lowest BCUT2D eigenvalue weighted by Gasteiger charge is -2.31. The quantitative estimate of drug-likeness (QED) is 0.603. The Bertz CT molecular complexity index is 296. The van der Waals surface area contributed by atoms with Crippen LogP contribution in [-0.4, -0.2) is 41.2 Å². The third-order valence-corrected chi connectivity index (χ3v) is 10.0. The van der Waals surface area contributed by atoms with Gasteiger partial charge in [0.15, 0.2) is 0 Å². The molecule has 0 aromatic carbocycles. The molecule has 4 atom stereocenters. The van der Waals surface area contributed by atoms with Crippen LogP contribution in [0.4, 0.5) is 0 Å². The second kappa shape index (κ2) is 5.34. The molecular weight excluding hydrogens is 264 g/mol. The largest absolute Gasteiger partial charge is 0.415 e. The van der Waals surface area contributed by atoms with Gasteiger partial charge in [-0.3, -0.25) is 0 Å². The van der Waals surface area contributed by atoms with Crippen LogP contribution in [0.1, 0.15) is 25.7 Å². The molecule has 0 radical (unpaired) electrons. The van der Waals surface area contributed by atoms with Gasteiger partial charge in [0.2, 0.25) is 0 Å². The Labute approximate surface area is 112 Å². The van der Waals surface area contributed by atoms with Crippen molar-refractivity contribution < 1.29 is 18.1 Å². The molecule has 0 spiro atoms. The van der Waals surface area contributed by atoms with Gasteiger partial charge in [-0.1, -0.05) is 0 Å². The Morgan fingerprint density at radius 1 is 1.22 bits per heavy atom. The summed E-state index contributed by atoms with van der Waals surface area (Å²) in [6.07, 6.45) is 5.80. The molecule has 4 unspecified atom stereocenters. The number of ether oxygens (including phenoxy) is 1. The van der Waals surface area contributed by atoms with Crippen molar-refractivity contribution in [3.8, 4) is 0 Å². The first-order valence-corrected chi connectivity index (χ1v) is 12.3. The predicted octanol–water partition coefficient (Wildman–Crippen LogP) is 2.37. The molecule has 106 valence electrons. The van der Waals surface area contributed by atoms with Gasteiger partial charge < -0.3 is 18.1 Å². The van der Waals surface area contributed by atoms with Gasteiger partial charge >= 0.3 is 17.1 Å². The molecule has 2 aliphatic rings. The van der Waals surface area contributed by atoms with Crippen molar-refractivity contribution in [2.24, 2.45) is 5.92 Å². The molecule has 18 heavy (non-hydrogen) atoms. The summed E-state index contributed by atoms with van der Waals surface area (Å²) < 4.78 is 16.8. The van der Waals surface area contributed by atoms with E-state index < -0.39 is 17.1 Å². The lowest BCUT2D eigenvalue weighted by atomic mass is 9.88. The van der Waals surface area contributed by atoms with Crippen molar-refractivity contribution in [1.29, 1.82) is 0 Å². The first-order chi connectivity index (χ1) is 8.31. The molecule has 2 fully saturated rings. The van der Waals surface area contributed by atoms with Gasteiger partial charge in [0.05, 0.1) is 12.2 Å². The van der Waals surface area contributed by atoms with Crippen LogP contribution in [0.2, 0.25) is 25.7 Å². The highest BCUT2D eigenvalue weighted by Crippen LogP contribution is 2.41. The van der Waals surface area contributed by atoms with Crippen molar-refractivity contribution in [3.63, 3.8) is 0 Å². The summed E-state index contributed by atoms with van der Waals surface area (Å²) in [6, 6.07) is 0.814. The van der Waals surface area contributed by atoms with Gasteiger partial charge in [-0.2, -0.15) is 0 Å². The van der Waals surface area contributed by atoms with E-state index in [9.17, 15) is 4.80 Å². The normalized spacial score (nSPS) is 34.8. The molecule has 6 heteroatoms. The molecule has 4 nitrogen and oxygen atoms in total. The van der Waals surface area contributed by atoms with E-state index in [0.29, 0.717) is 18.1 Å². The summed E-state index contributed by atoms with van der Waals surface area (Å²) in [7, 11) is -3.00. The Morgan fingerprint density at radius 2 is 1.94 bits per heavy atom. The van der Waals surface area contributed by atoms with Crippen molar-refractivity contribution in [3.05, 3.63) is 0 Å². The van der Waals surface area contributed by atoms with Crippen LogP contribution in [0.25, 0.3) is 0 Å². The van der Waals surface area contributed by atoms with Crippen molar-refractivity contribution in [2.45, 2.75) is 63.6 Å². The maximum absolute atomic E-state index is 10.4. The third kappa shape index (κ3) is 4.14. The van der Waals surface area contributed by atoms with Crippen LogP contribution < -0.4 is 0 Å². The van der Waals surface area contributed by atoms with Crippen LogP contribution in [0, 0.1) is 5.92 Å². The molecule has 2 rings (SSSR count). The van der Waals surface area contributed by atoms with E-state index in [1.54, 1.807) is 7.11 Å². The fraction of sp³-hybridized carbons (Fsp3) is 1.00. The van der Waals surface area contributed by atoms with E-state index in [4.69, 9.17) is 13.3 Å². The predicted molar refractivity (Wildman–Crippen MR) is 74.8 cm³/mol. The maximum atomic E-state index is 10.4. The fourth-order valence-corrected chi connectivity index (χ4v) is 8.76. The number of hydrogen-bond donors (Lipinski definition) is 1. The summed E-state index contributed by atoms with van der Waals surface area (Å²) >= 11 is 0. The Balaban J connectivity index is 1.73. The first kappa shape index (κ1) is 14.7. The van der Waals surface area contributed by atoms with E-state index in [0.717, 1.165) is 12.5 Å².